The molecule has 28 heavy (non-hydrogen) atoms. The number of aromatic nitrogens is 1. The van der Waals surface area contributed by atoms with Crippen LogP contribution in [0.25, 0.3) is 0 Å². The van der Waals surface area contributed by atoms with Crippen molar-refractivity contribution in [1.82, 2.24) is 14.2 Å². The van der Waals surface area contributed by atoms with Crippen LogP contribution < -0.4 is 10.1 Å². The normalized spacial score (nSPS) is 15.9. The third-order valence-electron chi connectivity index (χ3n) is 4.42. The first kappa shape index (κ1) is 20.2. The number of nitrogens with zero attached hydrogens (tertiary/aromatic N) is 3. The number of piperazine rings is 1. The Morgan fingerprint density at radius 3 is 2.46 bits per heavy atom. The molecule has 1 N–H and O–H groups in total. The van der Waals surface area contributed by atoms with E-state index in [2.05, 4.69) is 10.3 Å². The molecule has 1 saturated heterocycles. The minimum Gasteiger partial charge on any atom is -0.494 e. The van der Waals surface area contributed by atoms with Gasteiger partial charge in [0, 0.05) is 44.3 Å². The van der Waals surface area contributed by atoms with Crippen LogP contribution in [0, 0.1) is 0 Å². The maximum Gasteiger partial charge on any atom is 0.244 e. The van der Waals surface area contributed by atoms with E-state index in [1.54, 1.807) is 42.6 Å². The molecule has 0 aliphatic carbocycles. The monoisotopic (exact) mass is 404 g/mol. The Kier molecular flexibility index (Phi) is 6.61. The van der Waals surface area contributed by atoms with Gasteiger partial charge in [-0.1, -0.05) is 0 Å². The maximum absolute atomic E-state index is 12.6. The van der Waals surface area contributed by atoms with Gasteiger partial charge in [0.2, 0.25) is 15.9 Å². The number of carbonyl (C=O) groups is 1. The lowest BCUT2D eigenvalue weighted by atomic mass is 10.3. The number of amides is 1. The Hall–Kier alpha value is -2.49. The molecule has 1 fully saturated rings. The van der Waals surface area contributed by atoms with Gasteiger partial charge in [-0.3, -0.25) is 14.7 Å². The highest BCUT2D eigenvalue weighted by atomic mass is 32.2. The van der Waals surface area contributed by atoms with Gasteiger partial charge in [0.15, 0.2) is 0 Å². The summed E-state index contributed by atoms with van der Waals surface area (Å²) >= 11 is 0. The van der Waals surface area contributed by atoms with Crippen molar-refractivity contribution in [1.29, 1.82) is 0 Å². The zero-order chi connectivity index (χ0) is 20.0. The van der Waals surface area contributed by atoms with E-state index in [1.165, 1.54) is 10.5 Å². The summed E-state index contributed by atoms with van der Waals surface area (Å²) in [6, 6.07) is 10.3. The molecule has 3 rings (SSSR count). The van der Waals surface area contributed by atoms with Gasteiger partial charge in [-0.2, -0.15) is 4.31 Å². The summed E-state index contributed by atoms with van der Waals surface area (Å²) in [6.07, 6.45) is 2.89. The van der Waals surface area contributed by atoms with E-state index < -0.39 is 10.0 Å². The van der Waals surface area contributed by atoms with Crippen LogP contribution in [0.15, 0.2) is 53.7 Å². The smallest absolute Gasteiger partial charge is 0.244 e. The molecule has 1 aromatic heterocycles. The molecule has 1 aliphatic rings. The maximum atomic E-state index is 12.6. The van der Waals surface area contributed by atoms with Crippen LogP contribution in [0.3, 0.4) is 0 Å². The van der Waals surface area contributed by atoms with E-state index in [0.717, 1.165) is 5.75 Å². The zero-order valence-corrected chi connectivity index (χ0v) is 16.6. The van der Waals surface area contributed by atoms with Gasteiger partial charge in [0.1, 0.15) is 10.6 Å². The van der Waals surface area contributed by atoms with Gasteiger partial charge in [0.05, 0.1) is 13.2 Å². The van der Waals surface area contributed by atoms with Crippen molar-refractivity contribution in [2.24, 2.45) is 0 Å². The summed E-state index contributed by atoms with van der Waals surface area (Å²) in [7, 11) is -3.54. The van der Waals surface area contributed by atoms with Gasteiger partial charge in [-0.15, -0.1) is 0 Å². The molecular weight excluding hydrogens is 380 g/mol. The summed E-state index contributed by atoms with van der Waals surface area (Å²) in [5, 5.41) is 2.85. The lowest BCUT2D eigenvalue weighted by Gasteiger charge is -2.33. The lowest BCUT2D eigenvalue weighted by Crippen LogP contribution is -2.50. The highest BCUT2D eigenvalue weighted by Crippen LogP contribution is 2.17. The summed E-state index contributed by atoms with van der Waals surface area (Å²) in [5.74, 6) is 0.624. The van der Waals surface area contributed by atoms with E-state index in [1.807, 2.05) is 11.8 Å². The Labute approximate surface area is 165 Å². The van der Waals surface area contributed by atoms with Crippen LogP contribution >= 0.6 is 0 Å². The molecular formula is C19H24N4O4S. The Balaban J connectivity index is 1.49. The van der Waals surface area contributed by atoms with Crippen LogP contribution in [0.2, 0.25) is 0 Å². The van der Waals surface area contributed by atoms with Crippen LogP contribution in [-0.2, 0) is 14.8 Å². The number of hydrogen-bond donors (Lipinski definition) is 1. The van der Waals surface area contributed by atoms with Crippen molar-refractivity contribution < 1.29 is 17.9 Å². The second kappa shape index (κ2) is 9.13. The molecule has 1 amide bonds. The molecule has 2 heterocycles. The van der Waals surface area contributed by atoms with Crippen LogP contribution in [0.5, 0.6) is 5.75 Å². The average Bonchev–Trinajstić information content (AvgIpc) is 2.71. The zero-order valence-electron chi connectivity index (χ0n) is 15.7. The molecule has 0 radical (unpaired) electrons. The molecule has 0 bridgehead atoms. The SMILES string of the molecule is CCOc1ccc(NC(=O)CN2CCN(S(=O)(=O)c3cccnc3)CC2)cc1. The van der Waals surface area contributed by atoms with Crippen molar-refractivity contribution in [3.05, 3.63) is 48.8 Å². The molecule has 1 aromatic carbocycles. The largest absolute Gasteiger partial charge is 0.494 e. The van der Waals surface area contributed by atoms with Crippen molar-refractivity contribution in [2.45, 2.75) is 11.8 Å². The van der Waals surface area contributed by atoms with E-state index in [0.29, 0.717) is 38.5 Å². The molecule has 1 aliphatic heterocycles. The first-order valence-corrected chi connectivity index (χ1v) is 10.6. The average molecular weight is 404 g/mol. The number of nitrogens with one attached hydrogen (secondary N) is 1. The summed E-state index contributed by atoms with van der Waals surface area (Å²) < 4.78 is 32.0. The number of carbonyl (C=O) groups excluding carboxylic acids is 1. The number of rotatable bonds is 7. The summed E-state index contributed by atoms with van der Waals surface area (Å²) in [5.41, 5.74) is 0.700. The van der Waals surface area contributed by atoms with Crippen molar-refractivity contribution >= 4 is 21.6 Å². The Morgan fingerprint density at radius 1 is 1.14 bits per heavy atom. The predicted octanol–water partition coefficient (Wildman–Crippen LogP) is 1.43. The molecule has 2 aromatic rings. The minimum atomic E-state index is -3.54. The van der Waals surface area contributed by atoms with E-state index >= 15 is 0 Å². The van der Waals surface area contributed by atoms with Crippen molar-refractivity contribution in [2.75, 3.05) is 44.6 Å². The number of pyridine rings is 1. The fraction of sp³-hybridized carbons (Fsp3) is 0.368. The molecule has 0 atom stereocenters. The second-order valence-corrected chi connectivity index (χ2v) is 8.31. The third kappa shape index (κ3) is 5.06. The topological polar surface area (TPSA) is 91.8 Å². The van der Waals surface area contributed by atoms with Crippen LogP contribution in [0.1, 0.15) is 6.92 Å². The first-order valence-electron chi connectivity index (χ1n) is 9.14. The second-order valence-electron chi connectivity index (χ2n) is 6.37. The van der Waals surface area contributed by atoms with Crippen molar-refractivity contribution in [3.8, 4) is 5.75 Å². The molecule has 8 nitrogen and oxygen atoms in total. The summed E-state index contributed by atoms with van der Waals surface area (Å²) in [4.78, 5) is 18.3. The third-order valence-corrected chi connectivity index (χ3v) is 6.30. The van der Waals surface area contributed by atoms with Gasteiger partial charge in [-0.05, 0) is 43.3 Å². The quantitative estimate of drug-likeness (QED) is 0.751. The van der Waals surface area contributed by atoms with Gasteiger partial charge >= 0.3 is 0 Å². The lowest BCUT2D eigenvalue weighted by molar-refractivity contribution is -0.117. The molecule has 0 unspecified atom stereocenters. The standard InChI is InChI=1S/C19H24N4O4S/c1-2-27-17-7-5-16(6-8-17)21-19(24)15-22-10-12-23(13-11-22)28(25,26)18-4-3-9-20-14-18/h3-9,14H,2,10-13,15H2,1H3,(H,21,24). The fourth-order valence-corrected chi connectivity index (χ4v) is 4.37. The highest BCUT2D eigenvalue weighted by Gasteiger charge is 2.29. The first-order chi connectivity index (χ1) is 13.5. The molecule has 0 saturated carbocycles. The number of ether oxygens (including phenoxy) is 1. The van der Waals surface area contributed by atoms with Crippen molar-refractivity contribution in [3.63, 3.8) is 0 Å². The Morgan fingerprint density at radius 2 is 1.86 bits per heavy atom. The molecule has 0 spiro atoms. The van der Waals surface area contributed by atoms with E-state index in [9.17, 15) is 13.2 Å². The van der Waals surface area contributed by atoms with E-state index in [4.69, 9.17) is 4.74 Å². The number of anilines is 1. The highest BCUT2D eigenvalue weighted by molar-refractivity contribution is 7.89. The van der Waals surface area contributed by atoms with E-state index in [-0.39, 0.29) is 17.3 Å². The fourth-order valence-electron chi connectivity index (χ4n) is 2.98. The van der Waals surface area contributed by atoms with Gasteiger partial charge in [-0.25, -0.2) is 8.42 Å². The number of sulfonamides is 1. The van der Waals surface area contributed by atoms with Gasteiger partial charge < -0.3 is 10.1 Å². The van der Waals surface area contributed by atoms with Gasteiger partial charge in [0.25, 0.3) is 0 Å². The predicted molar refractivity (Wildman–Crippen MR) is 106 cm³/mol. The number of benzene rings is 1. The summed E-state index contributed by atoms with van der Waals surface area (Å²) in [6.45, 7) is 4.40. The Bertz CT molecular complexity index is 880. The minimum absolute atomic E-state index is 0.132. The molecule has 9 heteroatoms. The van der Waals surface area contributed by atoms with Crippen LogP contribution in [0.4, 0.5) is 5.69 Å². The number of hydrogen-bond acceptors (Lipinski definition) is 6. The van der Waals surface area contributed by atoms with Crippen LogP contribution in [-0.4, -0.2) is 67.8 Å². The molecule has 150 valence electrons.